The summed E-state index contributed by atoms with van der Waals surface area (Å²) in [5.41, 5.74) is 1.44. The van der Waals surface area contributed by atoms with Gasteiger partial charge in [-0.25, -0.2) is 0 Å². The predicted octanol–water partition coefficient (Wildman–Crippen LogP) is 3.56. The smallest absolute Gasteiger partial charge is 0.303 e. The number of halogens is 1. The third kappa shape index (κ3) is 4.26. The number of hydrogen-bond donors (Lipinski definition) is 1. The van der Waals surface area contributed by atoms with Crippen LogP contribution in [0.1, 0.15) is 43.7 Å². The molecule has 0 aliphatic carbocycles. The highest BCUT2D eigenvalue weighted by atomic mass is 35.5. The Morgan fingerprint density at radius 2 is 2.33 bits per heavy atom. The van der Waals surface area contributed by atoms with Crippen molar-refractivity contribution in [1.29, 1.82) is 0 Å². The van der Waals surface area contributed by atoms with Crippen molar-refractivity contribution in [3.8, 4) is 0 Å². The second kappa shape index (κ2) is 7.77. The van der Waals surface area contributed by atoms with Gasteiger partial charge in [0.25, 0.3) is 0 Å². The van der Waals surface area contributed by atoms with Crippen molar-refractivity contribution < 1.29 is 9.90 Å². The van der Waals surface area contributed by atoms with Crippen LogP contribution in [0.5, 0.6) is 0 Å². The maximum Gasteiger partial charge on any atom is 0.303 e. The highest BCUT2D eigenvalue weighted by Crippen LogP contribution is 2.33. The summed E-state index contributed by atoms with van der Waals surface area (Å²) < 4.78 is 0. The summed E-state index contributed by atoms with van der Waals surface area (Å²) in [5, 5.41) is 13.0. The Morgan fingerprint density at radius 3 is 3.00 bits per heavy atom. The molecule has 1 atom stereocenters. The lowest BCUT2D eigenvalue weighted by molar-refractivity contribution is -0.137. The average Bonchev–Trinajstić information content (AvgIpc) is 2.94. The van der Waals surface area contributed by atoms with Gasteiger partial charge >= 0.3 is 5.97 Å². The van der Waals surface area contributed by atoms with Crippen LogP contribution in [0.4, 0.5) is 0 Å². The van der Waals surface area contributed by atoms with Gasteiger partial charge < -0.3 is 5.11 Å². The predicted molar refractivity (Wildman–Crippen MR) is 76.6 cm³/mol. The van der Waals surface area contributed by atoms with Gasteiger partial charge in [-0.3, -0.25) is 9.69 Å². The van der Waals surface area contributed by atoms with Gasteiger partial charge in [0.05, 0.1) is 0 Å². The molecule has 102 valence electrons. The number of likely N-dealkylation sites (tertiary alicyclic amines) is 1. The van der Waals surface area contributed by atoms with Crippen LogP contribution in [0, 0.1) is 0 Å². The molecule has 3 nitrogen and oxygen atoms in total. The zero-order chi connectivity index (χ0) is 12.1. The number of carboxylic acids is 1. The summed E-state index contributed by atoms with van der Waals surface area (Å²) in [7, 11) is 0. The molecule has 0 saturated carbocycles. The molecule has 5 heteroatoms. The Labute approximate surface area is 118 Å². The molecule has 1 fully saturated rings. The fraction of sp³-hybridized carbons (Fsp3) is 0.615. The van der Waals surface area contributed by atoms with E-state index >= 15 is 0 Å². The molecule has 1 aromatic heterocycles. The number of thiophene rings is 1. The summed E-state index contributed by atoms with van der Waals surface area (Å²) in [5.74, 6) is -0.680. The van der Waals surface area contributed by atoms with Crippen LogP contribution in [0.15, 0.2) is 16.8 Å². The van der Waals surface area contributed by atoms with E-state index in [2.05, 4.69) is 21.7 Å². The van der Waals surface area contributed by atoms with Gasteiger partial charge in [0.2, 0.25) is 0 Å². The zero-order valence-electron chi connectivity index (χ0n) is 10.4. The first kappa shape index (κ1) is 15.5. The van der Waals surface area contributed by atoms with Gasteiger partial charge in [-0.2, -0.15) is 11.3 Å². The third-order valence-electron chi connectivity index (χ3n) is 3.38. The number of unbranched alkanes of at least 4 members (excludes halogenated alkanes) is 1. The molecule has 0 aromatic carbocycles. The van der Waals surface area contributed by atoms with E-state index in [0.717, 1.165) is 25.9 Å². The summed E-state index contributed by atoms with van der Waals surface area (Å²) in [6.07, 6.45) is 4.60. The average molecular weight is 290 g/mol. The van der Waals surface area contributed by atoms with Gasteiger partial charge in [0.1, 0.15) is 0 Å². The van der Waals surface area contributed by atoms with Crippen molar-refractivity contribution in [3.05, 3.63) is 22.4 Å². The van der Waals surface area contributed by atoms with Crippen molar-refractivity contribution in [3.63, 3.8) is 0 Å². The van der Waals surface area contributed by atoms with Gasteiger partial charge in [0, 0.05) is 12.5 Å². The van der Waals surface area contributed by atoms with E-state index in [4.69, 9.17) is 5.11 Å². The molecule has 1 aromatic rings. The molecular formula is C13H20ClNO2S. The topological polar surface area (TPSA) is 40.5 Å². The van der Waals surface area contributed by atoms with E-state index in [1.807, 2.05) is 0 Å². The molecule has 1 N–H and O–H groups in total. The number of aliphatic carboxylic acids is 1. The molecule has 1 saturated heterocycles. The lowest BCUT2D eigenvalue weighted by Crippen LogP contribution is -2.24. The number of carboxylic acid groups (broad SMARTS) is 1. The van der Waals surface area contributed by atoms with Gasteiger partial charge in [0.15, 0.2) is 0 Å². The number of carbonyl (C=O) groups is 1. The molecular weight excluding hydrogens is 270 g/mol. The number of rotatable bonds is 6. The second-order valence-corrected chi connectivity index (χ2v) is 5.38. The fourth-order valence-corrected chi connectivity index (χ4v) is 3.23. The Bertz CT molecular complexity index is 356. The van der Waals surface area contributed by atoms with E-state index in [9.17, 15) is 4.79 Å². The van der Waals surface area contributed by atoms with Crippen LogP contribution in [-0.2, 0) is 4.79 Å². The van der Waals surface area contributed by atoms with Crippen LogP contribution in [0.25, 0.3) is 0 Å². The van der Waals surface area contributed by atoms with Crippen molar-refractivity contribution in [2.45, 2.75) is 38.1 Å². The SMILES string of the molecule is Cl.O=C(O)CCCCN1CCCC1c1ccsc1. The monoisotopic (exact) mass is 289 g/mol. The first-order chi connectivity index (χ1) is 8.27. The Balaban J connectivity index is 0.00000162. The minimum atomic E-state index is -0.680. The number of nitrogens with zero attached hydrogens (tertiary/aromatic N) is 1. The van der Waals surface area contributed by atoms with Crippen LogP contribution in [-0.4, -0.2) is 29.1 Å². The maximum atomic E-state index is 10.4. The fourth-order valence-electron chi connectivity index (χ4n) is 2.53. The molecule has 2 heterocycles. The van der Waals surface area contributed by atoms with E-state index in [1.165, 1.54) is 18.4 Å². The zero-order valence-corrected chi connectivity index (χ0v) is 12.0. The Hall–Kier alpha value is -0.580. The van der Waals surface area contributed by atoms with Gasteiger partial charge in [-0.1, -0.05) is 0 Å². The molecule has 1 aliphatic rings. The molecule has 0 bridgehead atoms. The molecule has 0 amide bonds. The Morgan fingerprint density at radius 1 is 1.50 bits per heavy atom. The molecule has 1 aliphatic heterocycles. The van der Waals surface area contributed by atoms with Crippen molar-refractivity contribution in [2.24, 2.45) is 0 Å². The minimum Gasteiger partial charge on any atom is -0.481 e. The third-order valence-corrected chi connectivity index (χ3v) is 4.08. The molecule has 0 radical (unpaired) electrons. The first-order valence-corrected chi connectivity index (χ1v) is 7.19. The largest absolute Gasteiger partial charge is 0.481 e. The molecule has 1 unspecified atom stereocenters. The van der Waals surface area contributed by atoms with Crippen LogP contribution in [0.2, 0.25) is 0 Å². The summed E-state index contributed by atoms with van der Waals surface area (Å²) in [6, 6.07) is 2.79. The summed E-state index contributed by atoms with van der Waals surface area (Å²) in [6.45, 7) is 2.20. The van der Waals surface area contributed by atoms with Crippen LogP contribution in [0.3, 0.4) is 0 Å². The molecule has 18 heavy (non-hydrogen) atoms. The highest BCUT2D eigenvalue weighted by molar-refractivity contribution is 7.07. The van der Waals surface area contributed by atoms with Crippen LogP contribution < -0.4 is 0 Å². The lowest BCUT2D eigenvalue weighted by Gasteiger charge is -2.23. The lowest BCUT2D eigenvalue weighted by atomic mass is 10.1. The summed E-state index contributed by atoms with van der Waals surface area (Å²) >= 11 is 1.76. The number of hydrogen-bond acceptors (Lipinski definition) is 3. The quantitative estimate of drug-likeness (QED) is 0.814. The standard InChI is InChI=1S/C13H19NO2S.ClH/c15-13(16)5-1-2-7-14-8-3-4-12(14)11-6-9-17-10-11;/h6,9-10,12H,1-5,7-8H2,(H,15,16);1H. The normalized spacial score (nSPS) is 19.7. The summed E-state index contributed by atoms with van der Waals surface area (Å²) in [4.78, 5) is 12.9. The molecule has 2 rings (SSSR count). The van der Waals surface area contributed by atoms with Gasteiger partial charge in [-0.15, -0.1) is 12.4 Å². The minimum absolute atomic E-state index is 0. The first-order valence-electron chi connectivity index (χ1n) is 6.25. The molecule has 0 spiro atoms. The van der Waals surface area contributed by atoms with Crippen molar-refractivity contribution >= 4 is 29.7 Å². The van der Waals surface area contributed by atoms with Crippen molar-refractivity contribution in [1.82, 2.24) is 4.90 Å². The second-order valence-electron chi connectivity index (χ2n) is 4.60. The van der Waals surface area contributed by atoms with Crippen LogP contribution >= 0.6 is 23.7 Å². The van der Waals surface area contributed by atoms with Crippen molar-refractivity contribution in [2.75, 3.05) is 13.1 Å². The van der Waals surface area contributed by atoms with E-state index < -0.39 is 5.97 Å². The maximum absolute atomic E-state index is 10.4. The Kier molecular flexibility index (Phi) is 6.68. The van der Waals surface area contributed by atoms with Gasteiger partial charge in [-0.05, 0) is 61.2 Å². The highest BCUT2D eigenvalue weighted by Gasteiger charge is 2.25. The van der Waals surface area contributed by atoms with E-state index in [0.29, 0.717) is 12.5 Å². The van der Waals surface area contributed by atoms with E-state index in [1.54, 1.807) is 11.3 Å². The van der Waals surface area contributed by atoms with E-state index in [-0.39, 0.29) is 12.4 Å².